The number of hydrogen-bond acceptors (Lipinski definition) is 1. The van der Waals surface area contributed by atoms with Crippen LogP contribution in [0.4, 0.5) is 8.78 Å². The van der Waals surface area contributed by atoms with Crippen molar-refractivity contribution in [3.63, 3.8) is 0 Å². The van der Waals surface area contributed by atoms with Gasteiger partial charge in [0.15, 0.2) is 0 Å². The molecule has 5 unspecified atom stereocenters. The zero-order chi connectivity index (χ0) is 18.0. The van der Waals surface area contributed by atoms with Crippen molar-refractivity contribution in [1.29, 1.82) is 0 Å². The SMILES string of the molecule is CC1CCC(/C=C(\F)C2CCC(C3CCC(O)C(F)C3P)CC2)CC1. The zero-order valence-corrected chi connectivity index (χ0v) is 16.7. The number of halogens is 2. The van der Waals surface area contributed by atoms with Gasteiger partial charge in [0.2, 0.25) is 0 Å². The lowest BCUT2D eigenvalue weighted by Gasteiger charge is -2.42. The van der Waals surface area contributed by atoms with Gasteiger partial charge in [0.25, 0.3) is 0 Å². The number of rotatable bonds is 3. The molecule has 3 aliphatic rings. The number of aliphatic hydroxyl groups excluding tert-OH is 1. The van der Waals surface area contributed by atoms with Crippen LogP contribution in [0.3, 0.4) is 0 Å². The quantitative estimate of drug-likeness (QED) is 0.619. The van der Waals surface area contributed by atoms with Crippen molar-refractivity contribution in [2.75, 3.05) is 0 Å². The summed E-state index contributed by atoms with van der Waals surface area (Å²) in [5.41, 5.74) is -0.144. The third-order valence-electron chi connectivity index (χ3n) is 7.25. The molecule has 1 nitrogen and oxygen atoms in total. The molecule has 0 radical (unpaired) electrons. The van der Waals surface area contributed by atoms with E-state index in [2.05, 4.69) is 16.2 Å². The average Bonchev–Trinajstić information content (AvgIpc) is 2.62. The molecule has 0 saturated heterocycles. The molecule has 0 amide bonds. The highest BCUT2D eigenvalue weighted by Gasteiger charge is 2.41. The minimum Gasteiger partial charge on any atom is -0.390 e. The molecule has 0 heterocycles. The van der Waals surface area contributed by atoms with Crippen molar-refractivity contribution in [3.05, 3.63) is 11.9 Å². The molecule has 0 bridgehead atoms. The molecule has 1 N–H and O–H groups in total. The molecule has 3 saturated carbocycles. The van der Waals surface area contributed by atoms with Crippen molar-refractivity contribution in [1.82, 2.24) is 0 Å². The number of hydrogen-bond donors (Lipinski definition) is 1. The molecule has 25 heavy (non-hydrogen) atoms. The molecule has 5 atom stereocenters. The van der Waals surface area contributed by atoms with E-state index in [4.69, 9.17) is 0 Å². The molecule has 0 aromatic heterocycles. The fourth-order valence-corrected chi connectivity index (χ4v) is 6.16. The first kappa shape index (κ1) is 19.7. The molecular weight excluding hydrogens is 337 g/mol. The maximum atomic E-state index is 14.7. The van der Waals surface area contributed by atoms with Crippen LogP contribution in [0.25, 0.3) is 0 Å². The lowest BCUT2D eigenvalue weighted by atomic mass is 9.69. The van der Waals surface area contributed by atoms with E-state index < -0.39 is 12.3 Å². The van der Waals surface area contributed by atoms with Gasteiger partial charge in [-0.25, -0.2) is 8.78 Å². The second kappa shape index (κ2) is 8.79. The van der Waals surface area contributed by atoms with Gasteiger partial charge in [-0.15, -0.1) is 9.24 Å². The fourth-order valence-electron chi connectivity index (χ4n) is 5.39. The Balaban J connectivity index is 1.50. The van der Waals surface area contributed by atoms with Crippen molar-refractivity contribution in [3.8, 4) is 0 Å². The molecule has 3 aliphatic carbocycles. The van der Waals surface area contributed by atoms with Crippen LogP contribution in [-0.4, -0.2) is 23.0 Å². The lowest BCUT2D eigenvalue weighted by Crippen LogP contribution is -2.43. The van der Waals surface area contributed by atoms with Crippen molar-refractivity contribution in [2.45, 2.75) is 89.1 Å². The summed E-state index contributed by atoms with van der Waals surface area (Å²) in [7, 11) is 2.64. The van der Waals surface area contributed by atoms with E-state index in [9.17, 15) is 13.9 Å². The third kappa shape index (κ3) is 4.83. The Bertz CT molecular complexity index is 453. The summed E-state index contributed by atoms with van der Waals surface area (Å²) in [5.74, 6) is 2.29. The molecule has 0 aliphatic heterocycles. The van der Waals surface area contributed by atoms with Crippen molar-refractivity contribution >= 4 is 9.24 Å². The summed E-state index contributed by atoms with van der Waals surface area (Å²) in [6.45, 7) is 2.29. The first-order valence-corrected chi connectivity index (χ1v) is 11.1. The second-order valence-electron chi connectivity index (χ2n) is 9.01. The van der Waals surface area contributed by atoms with Gasteiger partial charge in [-0.05, 0) is 81.1 Å². The van der Waals surface area contributed by atoms with Crippen LogP contribution < -0.4 is 0 Å². The Morgan fingerprint density at radius 3 is 2.24 bits per heavy atom. The molecule has 0 spiro atoms. The van der Waals surface area contributed by atoms with Gasteiger partial charge in [-0.1, -0.05) is 19.8 Å². The first-order valence-electron chi connectivity index (χ1n) is 10.4. The van der Waals surface area contributed by atoms with Crippen LogP contribution in [0, 0.1) is 29.6 Å². The molecule has 3 rings (SSSR count). The van der Waals surface area contributed by atoms with Crippen LogP contribution in [0.2, 0.25) is 0 Å². The molecular formula is C21H35F2OP. The Labute approximate surface area is 154 Å². The number of alkyl halides is 1. The predicted octanol–water partition coefficient (Wildman–Crippen LogP) is 5.83. The average molecular weight is 372 g/mol. The van der Waals surface area contributed by atoms with Crippen molar-refractivity contribution in [2.24, 2.45) is 29.6 Å². The van der Waals surface area contributed by atoms with E-state index in [0.29, 0.717) is 24.2 Å². The monoisotopic (exact) mass is 372 g/mol. The summed E-state index contributed by atoms with van der Waals surface area (Å²) in [4.78, 5) is 0. The maximum Gasteiger partial charge on any atom is 0.132 e. The standard InChI is InChI=1S/C21H35F2OP/c1-13-2-4-14(5-3-13)12-18(22)16-8-6-15(7-9-16)17-10-11-19(24)20(23)21(17)25/h12-17,19-21,24H,2-11,25H2,1H3/b18-12-. The van der Waals surface area contributed by atoms with Gasteiger partial charge in [0.05, 0.1) is 11.9 Å². The van der Waals surface area contributed by atoms with E-state index in [1.54, 1.807) is 0 Å². The van der Waals surface area contributed by atoms with E-state index in [0.717, 1.165) is 50.9 Å². The fraction of sp³-hybridized carbons (Fsp3) is 0.905. The van der Waals surface area contributed by atoms with Gasteiger partial charge < -0.3 is 5.11 Å². The van der Waals surface area contributed by atoms with Crippen LogP contribution in [0.1, 0.15) is 71.1 Å². The van der Waals surface area contributed by atoms with Gasteiger partial charge in [-0.2, -0.15) is 0 Å². The zero-order valence-electron chi connectivity index (χ0n) is 15.5. The molecule has 3 fully saturated rings. The summed E-state index contributed by atoms with van der Waals surface area (Å²) in [6, 6.07) is 0. The Kier molecular flexibility index (Phi) is 6.94. The molecule has 0 aromatic carbocycles. The minimum absolute atomic E-state index is 0.0916. The van der Waals surface area contributed by atoms with Gasteiger partial charge in [0, 0.05) is 11.6 Å². The number of aliphatic hydroxyl groups is 1. The van der Waals surface area contributed by atoms with Crippen LogP contribution in [0.5, 0.6) is 0 Å². The van der Waals surface area contributed by atoms with Crippen LogP contribution in [-0.2, 0) is 0 Å². The van der Waals surface area contributed by atoms with Gasteiger partial charge >= 0.3 is 0 Å². The molecule has 4 heteroatoms. The summed E-state index contributed by atoms with van der Waals surface area (Å²) >= 11 is 0. The predicted molar refractivity (Wildman–Crippen MR) is 103 cm³/mol. The highest BCUT2D eigenvalue weighted by molar-refractivity contribution is 7.17. The van der Waals surface area contributed by atoms with Crippen LogP contribution in [0.15, 0.2) is 11.9 Å². The summed E-state index contributed by atoms with van der Waals surface area (Å²) < 4.78 is 28.8. The van der Waals surface area contributed by atoms with E-state index in [-0.39, 0.29) is 17.4 Å². The van der Waals surface area contributed by atoms with Crippen molar-refractivity contribution < 1.29 is 13.9 Å². The molecule has 0 aromatic rings. The lowest BCUT2D eigenvalue weighted by molar-refractivity contribution is 0.0112. The Hall–Kier alpha value is -0.0100. The minimum atomic E-state index is -1.12. The Morgan fingerprint density at radius 1 is 0.960 bits per heavy atom. The van der Waals surface area contributed by atoms with Crippen LogP contribution >= 0.6 is 9.24 Å². The largest absolute Gasteiger partial charge is 0.390 e. The van der Waals surface area contributed by atoms with Gasteiger partial charge in [0.1, 0.15) is 6.17 Å². The maximum absolute atomic E-state index is 14.7. The smallest absolute Gasteiger partial charge is 0.132 e. The normalized spacial score (nSPS) is 46.8. The highest BCUT2D eigenvalue weighted by Crippen LogP contribution is 2.45. The van der Waals surface area contributed by atoms with Gasteiger partial charge in [-0.3, -0.25) is 0 Å². The highest BCUT2D eigenvalue weighted by atomic mass is 31.0. The van der Waals surface area contributed by atoms with E-state index >= 15 is 0 Å². The first-order chi connectivity index (χ1) is 12.0. The summed E-state index contributed by atoms with van der Waals surface area (Å²) in [6.07, 6.45) is 10.1. The summed E-state index contributed by atoms with van der Waals surface area (Å²) in [5, 5.41) is 9.71. The Morgan fingerprint density at radius 2 is 1.60 bits per heavy atom. The van der Waals surface area contributed by atoms with E-state index in [1.807, 2.05) is 6.08 Å². The topological polar surface area (TPSA) is 20.2 Å². The third-order valence-corrected chi connectivity index (χ3v) is 8.11. The van der Waals surface area contributed by atoms with E-state index in [1.165, 1.54) is 12.8 Å². The number of allylic oxidation sites excluding steroid dienone is 2. The second-order valence-corrected chi connectivity index (χ2v) is 9.78. The molecule has 144 valence electrons.